The summed E-state index contributed by atoms with van der Waals surface area (Å²) >= 11 is 0. The molecule has 0 unspecified atom stereocenters. The van der Waals surface area contributed by atoms with E-state index >= 15 is 0 Å². The molecule has 0 N–H and O–H groups in total. The minimum Gasteiger partial charge on any atom is -0.342 e. The SMILES string of the molecule is CS(=O)(=O)N1CCC(C(=O)N2CCC[C@H](Cc3nc(-c4cnccn4)no3)C2)CC1. The van der Waals surface area contributed by atoms with Gasteiger partial charge in [-0.15, -0.1) is 0 Å². The van der Waals surface area contributed by atoms with Crippen LogP contribution in [-0.4, -0.2) is 76.1 Å². The van der Waals surface area contributed by atoms with Gasteiger partial charge in [-0.1, -0.05) is 5.16 Å². The molecule has 0 aromatic carbocycles. The lowest BCUT2D eigenvalue weighted by molar-refractivity contribution is -0.138. The fraction of sp³-hybridized carbons (Fsp3) is 0.632. The van der Waals surface area contributed by atoms with E-state index in [1.165, 1.54) is 10.6 Å². The maximum Gasteiger partial charge on any atom is 0.227 e. The molecule has 4 heterocycles. The van der Waals surface area contributed by atoms with Crippen molar-refractivity contribution in [2.45, 2.75) is 32.1 Å². The van der Waals surface area contributed by atoms with Crippen molar-refractivity contribution in [2.75, 3.05) is 32.4 Å². The number of carbonyl (C=O) groups is 1. The second kappa shape index (κ2) is 8.76. The van der Waals surface area contributed by atoms with Gasteiger partial charge in [0.2, 0.25) is 27.6 Å². The summed E-state index contributed by atoms with van der Waals surface area (Å²) in [6, 6.07) is 0. The monoisotopic (exact) mass is 434 g/mol. The first-order chi connectivity index (χ1) is 14.4. The lowest BCUT2D eigenvalue weighted by Gasteiger charge is -2.37. The van der Waals surface area contributed by atoms with Gasteiger partial charge in [0.05, 0.1) is 12.5 Å². The van der Waals surface area contributed by atoms with E-state index in [0.29, 0.717) is 56.3 Å². The fourth-order valence-corrected chi connectivity index (χ4v) is 5.10. The minimum absolute atomic E-state index is 0.103. The van der Waals surface area contributed by atoms with Crippen LogP contribution >= 0.6 is 0 Å². The number of likely N-dealkylation sites (tertiary alicyclic amines) is 1. The largest absolute Gasteiger partial charge is 0.342 e. The van der Waals surface area contributed by atoms with E-state index in [0.717, 1.165) is 19.4 Å². The molecule has 2 aromatic heterocycles. The Hall–Kier alpha value is -2.40. The van der Waals surface area contributed by atoms with Crippen LogP contribution in [0.5, 0.6) is 0 Å². The molecule has 2 fully saturated rings. The van der Waals surface area contributed by atoms with Crippen LogP contribution in [0.3, 0.4) is 0 Å². The molecule has 2 aliphatic heterocycles. The molecule has 1 atom stereocenters. The Morgan fingerprint density at radius 3 is 2.70 bits per heavy atom. The zero-order valence-electron chi connectivity index (χ0n) is 17.0. The Labute approximate surface area is 175 Å². The lowest BCUT2D eigenvalue weighted by Crippen LogP contribution is -2.47. The normalized spacial score (nSPS) is 21.6. The molecule has 1 amide bonds. The van der Waals surface area contributed by atoms with Crippen molar-refractivity contribution in [3.8, 4) is 11.5 Å². The Bertz CT molecular complexity index is 972. The maximum absolute atomic E-state index is 13.0. The van der Waals surface area contributed by atoms with Gasteiger partial charge in [0.1, 0.15) is 5.69 Å². The maximum atomic E-state index is 13.0. The molecule has 0 saturated carbocycles. The molecule has 0 bridgehead atoms. The van der Waals surface area contributed by atoms with E-state index in [1.807, 2.05) is 4.90 Å². The Morgan fingerprint density at radius 2 is 2.00 bits per heavy atom. The highest BCUT2D eigenvalue weighted by atomic mass is 32.2. The van der Waals surface area contributed by atoms with Crippen molar-refractivity contribution in [1.82, 2.24) is 29.3 Å². The third kappa shape index (κ3) is 4.84. The summed E-state index contributed by atoms with van der Waals surface area (Å²) < 4.78 is 30.2. The van der Waals surface area contributed by atoms with Crippen molar-refractivity contribution >= 4 is 15.9 Å². The molecule has 2 saturated heterocycles. The van der Waals surface area contributed by atoms with E-state index in [4.69, 9.17) is 4.52 Å². The Balaban J connectivity index is 1.33. The van der Waals surface area contributed by atoms with Crippen LogP contribution < -0.4 is 0 Å². The standard InChI is InChI=1S/C19H26N6O4S/c1-30(27,28)25-9-4-15(5-10-25)19(26)24-8-2-3-14(13-24)11-17-22-18(23-29-17)16-12-20-6-7-21-16/h6-7,12,14-15H,2-5,8-11,13H2,1H3/t14-/m1/s1. The van der Waals surface area contributed by atoms with Gasteiger partial charge in [-0.25, -0.2) is 17.7 Å². The highest BCUT2D eigenvalue weighted by Crippen LogP contribution is 2.26. The van der Waals surface area contributed by atoms with E-state index in [-0.39, 0.29) is 17.7 Å². The van der Waals surface area contributed by atoms with Crippen molar-refractivity contribution in [3.05, 3.63) is 24.5 Å². The zero-order valence-corrected chi connectivity index (χ0v) is 17.8. The molecule has 0 spiro atoms. The van der Waals surface area contributed by atoms with E-state index in [9.17, 15) is 13.2 Å². The fourth-order valence-electron chi connectivity index (χ4n) is 4.23. The van der Waals surface area contributed by atoms with Crippen molar-refractivity contribution in [1.29, 1.82) is 0 Å². The Kier molecular flexibility index (Phi) is 6.09. The summed E-state index contributed by atoms with van der Waals surface area (Å²) in [4.78, 5) is 27.5. The van der Waals surface area contributed by atoms with Gasteiger partial charge in [-0.05, 0) is 31.6 Å². The van der Waals surface area contributed by atoms with Gasteiger partial charge in [0.15, 0.2) is 0 Å². The summed E-state index contributed by atoms with van der Waals surface area (Å²) in [5.41, 5.74) is 0.563. The first kappa shape index (κ1) is 20.9. The van der Waals surface area contributed by atoms with Gasteiger partial charge in [0.25, 0.3) is 0 Å². The number of sulfonamides is 1. The molecule has 0 aliphatic carbocycles. The summed E-state index contributed by atoms with van der Waals surface area (Å²) in [5.74, 6) is 1.25. The van der Waals surface area contributed by atoms with Crippen LogP contribution in [0, 0.1) is 11.8 Å². The van der Waals surface area contributed by atoms with Gasteiger partial charge in [-0.3, -0.25) is 9.78 Å². The van der Waals surface area contributed by atoms with E-state index in [2.05, 4.69) is 20.1 Å². The highest BCUT2D eigenvalue weighted by Gasteiger charge is 2.33. The zero-order chi connectivity index (χ0) is 21.1. The van der Waals surface area contributed by atoms with Crippen molar-refractivity contribution in [3.63, 3.8) is 0 Å². The molecule has 11 heteroatoms. The molecule has 2 aromatic rings. The second-order valence-corrected chi connectivity index (χ2v) is 10.0. The van der Waals surface area contributed by atoms with Gasteiger partial charge < -0.3 is 9.42 Å². The van der Waals surface area contributed by atoms with Crippen molar-refractivity contribution < 1.29 is 17.7 Å². The predicted molar refractivity (Wildman–Crippen MR) is 107 cm³/mol. The molecule has 10 nitrogen and oxygen atoms in total. The van der Waals surface area contributed by atoms with Crippen molar-refractivity contribution in [2.24, 2.45) is 11.8 Å². The number of nitrogens with zero attached hydrogens (tertiary/aromatic N) is 6. The summed E-state index contributed by atoms with van der Waals surface area (Å²) in [5, 5.41) is 3.98. The second-order valence-electron chi connectivity index (χ2n) is 8.04. The van der Waals surface area contributed by atoms with Crippen LogP contribution in [0.1, 0.15) is 31.6 Å². The summed E-state index contributed by atoms with van der Waals surface area (Å²) in [7, 11) is -3.18. The van der Waals surface area contributed by atoms with Crippen LogP contribution in [0.15, 0.2) is 23.1 Å². The van der Waals surface area contributed by atoms with E-state index < -0.39 is 10.0 Å². The topological polar surface area (TPSA) is 122 Å². The van der Waals surface area contributed by atoms with Crippen LogP contribution in [0.25, 0.3) is 11.5 Å². The lowest BCUT2D eigenvalue weighted by atomic mass is 9.91. The number of piperidine rings is 2. The highest BCUT2D eigenvalue weighted by molar-refractivity contribution is 7.88. The van der Waals surface area contributed by atoms with Crippen LogP contribution in [-0.2, 0) is 21.2 Å². The molecule has 2 aliphatic rings. The molecule has 30 heavy (non-hydrogen) atoms. The quantitative estimate of drug-likeness (QED) is 0.682. The molecule has 4 rings (SSSR count). The number of hydrogen-bond acceptors (Lipinski definition) is 8. The third-order valence-corrected chi connectivity index (χ3v) is 7.13. The average molecular weight is 435 g/mol. The van der Waals surface area contributed by atoms with Crippen LogP contribution in [0.2, 0.25) is 0 Å². The molecular formula is C19H26N6O4S. The molecule has 0 radical (unpaired) electrons. The first-order valence-corrected chi connectivity index (χ1v) is 12.1. The van der Waals surface area contributed by atoms with Gasteiger partial charge in [0, 0.05) is 50.9 Å². The number of aromatic nitrogens is 4. The number of amides is 1. The molecular weight excluding hydrogens is 408 g/mol. The summed E-state index contributed by atoms with van der Waals surface area (Å²) in [6.07, 6.45) is 9.69. The van der Waals surface area contributed by atoms with Gasteiger partial charge in [-0.2, -0.15) is 4.98 Å². The minimum atomic E-state index is -3.18. The van der Waals surface area contributed by atoms with Crippen LogP contribution in [0.4, 0.5) is 0 Å². The molecule has 162 valence electrons. The summed E-state index contributed by atoms with van der Waals surface area (Å²) in [6.45, 7) is 2.24. The number of rotatable bonds is 5. The number of carbonyl (C=O) groups excluding carboxylic acids is 1. The third-order valence-electron chi connectivity index (χ3n) is 5.83. The first-order valence-electron chi connectivity index (χ1n) is 10.2. The smallest absolute Gasteiger partial charge is 0.227 e. The predicted octanol–water partition coefficient (Wildman–Crippen LogP) is 0.979. The average Bonchev–Trinajstić information content (AvgIpc) is 3.22. The Morgan fingerprint density at radius 1 is 1.20 bits per heavy atom. The van der Waals surface area contributed by atoms with Gasteiger partial charge >= 0.3 is 0 Å². The number of hydrogen-bond donors (Lipinski definition) is 0. The van der Waals surface area contributed by atoms with E-state index in [1.54, 1.807) is 18.6 Å².